The van der Waals surface area contributed by atoms with Crippen molar-refractivity contribution in [1.82, 2.24) is 0 Å². The topological polar surface area (TPSA) is 231 Å². The second-order valence-electron chi connectivity index (χ2n) is 18.0. The minimum Gasteiger partial charge on any atom is -0.462 e. The van der Waals surface area contributed by atoms with E-state index in [1.165, 1.54) is 64.2 Å². The summed E-state index contributed by atoms with van der Waals surface area (Å²) in [6, 6.07) is 0. The van der Waals surface area contributed by atoms with Crippen molar-refractivity contribution >= 4 is 11.9 Å². The zero-order valence-electron chi connectivity index (χ0n) is 41.3. The number of allylic oxidation sites excluding steroid dienone is 10. The lowest BCUT2D eigenvalue weighted by Crippen LogP contribution is -2.61. The molecule has 4 unspecified atom stereocenters. The Hall–Kier alpha value is -2.80. The minimum absolute atomic E-state index is 0.121. The summed E-state index contributed by atoms with van der Waals surface area (Å²) in [5.41, 5.74) is 0. The van der Waals surface area contributed by atoms with Crippen LogP contribution in [0, 0.1) is 0 Å². The molecule has 0 amide bonds. The highest BCUT2D eigenvalue weighted by Gasteiger charge is 2.47. The second kappa shape index (κ2) is 39.9. The predicted molar refractivity (Wildman–Crippen MR) is 261 cm³/mol. The van der Waals surface area contributed by atoms with Gasteiger partial charge in [0.25, 0.3) is 0 Å². The van der Waals surface area contributed by atoms with Crippen molar-refractivity contribution in [2.24, 2.45) is 0 Å². The average molecular weight is 967 g/mol. The van der Waals surface area contributed by atoms with Crippen LogP contribution in [0.2, 0.25) is 0 Å². The number of aliphatic hydroxyl groups is 7. The summed E-state index contributed by atoms with van der Waals surface area (Å²) in [5.74, 6) is -0.990. The fourth-order valence-electron chi connectivity index (χ4n) is 7.67. The first kappa shape index (κ1) is 61.3. The van der Waals surface area contributed by atoms with Crippen LogP contribution in [0.1, 0.15) is 168 Å². The molecule has 0 bridgehead atoms. The summed E-state index contributed by atoms with van der Waals surface area (Å²) < 4.78 is 33.5. The zero-order valence-corrected chi connectivity index (χ0v) is 41.3. The van der Waals surface area contributed by atoms with Gasteiger partial charge in [-0.1, -0.05) is 139 Å². The van der Waals surface area contributed by atoms with Crippen molar-refractivity contribution in [2.75, 3.05) is 26.4 Å². The normalized spacial score (nSPS) is 26.2. The molecule has 0 aromatic rings. The molecule has 68 heavy (non-hydrogen) atoms. The van der Waals surface area contributed by atoms with Crippen LogP contribution in [0.25, 0.3) is 0 Å². The summed E-state index contributed by atoms with van der Waals surface area (Å²) in [6.45, 7) is 2.46. The Morgan fingerprint density at radius 1 is 0.471 bits per heavy atom. The lowest BCUT2D eigenvalue weighted by Gasteiger charge is -2.42. The van der Waals surface area contributed by atoms with Crippen LogP contribution in [-0.4, -0.2) is 142 Å². The molecule has 0 aliphatic carbocycles. The van der Waals surface area contributed by atoms with E-state index in [0.717, 1.165) is 64.2 Å². The smallest absolute Gasteiger partial charge is 0.306 e. The second-order valence-corrected chi connectivity index (χ2v) is 18.0. The molecule has 2 heterocycles. The molecule has 0 radical (unpaired) electrons. The summed E-state index contributed by atoms with van der Waals surface area (Å²) in [4.78, 5) is 25.7. The molecule has 0 saturated carbocycles. The number of hydrogen-bond donors (Lipinski definition) is 7. The van der Waals surface area contributed by atoms with Crippen molar-refractivity contribution in [3.8, 4) is 0 Å². The largest absolute Gasteiger partial charge is 0.462 e. The molecular formula is C53H90O15. The number of unbranched alkanes of at least 4 members (excludes halogenated alkanes) is 15. The Morgan fingerprint density at radius 3 is 1.49 bits per heavy atom. The van der Waals surface area contributed by atoms with Crippen molar-refractivity contribution in [2.45, 2.75) is 235 Å². The van der Waals surface area contributed by atoms with Crippen LogP contribution in [0.5, 0.6) is 0 Å². The lowest BCUT2D eigenvalue weighted by molar-refractivity contribution is -0.332. The number of carbonyl (C=O) groups excluding carboxylic acids is 2. The van der Waals surface area contributed by atoms with Crippen molar-refractivity contribution in [1.29, 1.82) is 0 Å². The SMILES string of the molecule is CCC/C=C/C/C=C/C/C=C/C/C=C/CCCCCC(=O)O[C@H](COC(=O)CCCC/C=C/CCCCCCCCCCC)CO[C@H]1O[C@@H](CO[C@H]2O[C@@H](CO)[C@@H](O)C(O)C2O)[C@@H](O)C(O)C1O. The first-order valence-corrected chi connectivity index (χ1v) is 25.9. The van der Waals surface area contributed by atoms with Crippen LogP contribution >= 0.6 is 0 Å². The van der Waals surface area contributed by atoms with Crippen LogP contribution in [-0.2, 0) is 38.0 Å². The van der Waals surface area contributed by atoms with E-state index < -0.39 is 99.3 Å². The predicted octanol–water partition coefficient (Wildman–Crippen LogP) is 7.27. The van der Waals surface area contributed by atoms with E-state index in [2.05, 4.69) is 74.6 Å². The van der Waals surface area contributed by atoms with Crippen molar-refractivity contribution in [3.05, 3.63) is 60.8 Å². The van der Waals surface area contributed by atoms with Gasteiger partial charge < -0.3 is 64.2 Å². The molecule has 2 rings (SSSR count). The maximum atomic E-state index is 13.0. The van der Waals surface area contributed by atoms with E-state index >= 15 is 0 Å². The summed E-state index contributed by atoms with van der Waals surface area (Å²) in [5, 5.41) is 72.1. The Balaban J connectivity index is 1.84. The van der Waals surface area contributed by atoms with Crippen LogP contribution in [0.3, 0.4) is 0 Å². The highest BCUT2D eigenvalue weighted by atomic mass is 16.7. The molecule has 2 fully saturated rings. The molecule has 0 aromatic heterocycles. The van der Waals surface area contributed by atoms with Crippen LogP contribution in [0.4, 0.5) is 0 Å². The number of rotatable bonds is 39. The van der Waals surface area contributed by atoms with E-state index in [0.29, 0.717) is 12.8 Å². The standard InChI is InChI=1S/C53H90O15/c1-3-5-7-9-11-13-15-17-19-20-22-24-26-28-30-32-34-36-45(56)66-41(38-63-44(55)35-33-31-29-27-25-23-21-18-16-14-12-10-8-6-4-2)39-64-52-51(62)49(60)47(58)43(68-52)40-65-53-50(61)48(59)46(57)42(37-54)67-53/h7,9,13,15,19-20,24-27,41-43,46-54,57-62H,3-6,8,10-12,14,16-18,21-23,28-40H2,1-2H3/b9-7+,15-13+,20-19+,26-24+,27-25+/t41-,42+,43+,46-,47-,48?,49?,50?,51?,52+,53+/m1/s1. The van der Waals surface area contributed by atoms with Crippen LogP contribution < -0.4 is 0 Å². The number of ether oxygens (including phenoxy) is 6. The van der Waals surface area contributed by atoms with Gasteiger partial charge in [-0.3, -0.25) is 9.59 Å². The zero-order chi connectivity index (χ0) is 49.6. The van der Waals surface area contributed by atoms with Gasteiger partial charge in [-0.2, -0.15) is 0 Å². The molecule has 15 heteroatoms. The quantitative estimate of drug-likeness (QED) is 0.0183. The van der Waals surface area contributed by atoms with Gasteiger partial charge in [0.15, 0.2) is 18.7 Å². The minimum atomic E-state index is -1.78. The molecule has 0 aromatic carbocycles. The van der Waals surface area contributed by atoms with E-state index in [-0.39, 0.29) is 19.4 Å². The molecule has 2 aliphatic rings. The van der Waals surface area contributed by atoms with Gasteiger partial charge in [-0.15, -0.1) is 0 Å². The first-order valence-electron chi connectivity index (χ1n) is 25.9. The van der Waals surface area contributed by atoms with Gasteiger partial charge in [0.1, 0.15) is 55.4 Å². The fraction of sp³-hybridized carbons (Fsp3) is 0.774. The number of esters is 2. The number of carbonyl (C=O) groups is 2. The highest BCUT2D eigenvalue weighted by Crippen LogP contribution is 2.26. The monoisotopic (exact) mass is 967 g/mol. The summed E-state index contributed by atoms with van der Waals surface area (Å²) >= 11 is 0. The lowest BCUT2D eigenvalue weighted by atomic mass is 9.98. The Morgan fingerprint density at radius 2 is 0.912 bits per heavy atom. The Labute approximate surface area is 407 Å². The highest BCUT2D eigenvalue weighted by molar-refractivity contribution is 5.70. The fourth-order valence-corrected chi connectivity index (χ4v) is 7.67. The summed E-state index contributed by atoms with van der Waals surface area (Å²) in [6.07, 6.45) is 28.2. The van der Waals surface area contributed by atoms with Gasteiger partial charge in [0.05, 0.1) is 19.8 Å². The molecule has 2 aliphatic heterocycles. The van der Waals surface area contributed by atoms with E-state index in [1.54, 1.807) is 0 Å². The third-order valence-electron chi connectivity index (χ3n) is 11.9. The maximum Gasteiger partial charge on any atom is 0.306 e. The van der Waals surface area contributed by atoms with E-state index in [4.69, 9.17) is 28.4 Å². The third kappa shape index (κ3) is 27.6. The summed E-state index contributed by atoms with van der Waals surface area (Å²) in [7, 11) is 0. The number of aliphatic hydroxyl groups excluding tert-OH is 7. The van der Waals surface area contributed by atoms with Crippen LogP contribution in [0.15, 0.2) is 60.8 Å². The van der Waals surface area contributed by atoms with Gasteiger partial charge in [-0.05, 0) is 77.0 Å². The molecule has 392 valence electrons. The number of hydrogen-bond acceptors (Lipinski definition) is 15. The van der Waals surface area contributed by atoms with E-state index in [1.807, 2.05) is 0 Å². The first-order chi connectivity index (χ1) is 33.0. The Kier molecular flexibility index (Phi) is 36.0. The van der Waals surface area contributed by atoms with Crippen molar-refractivity contribution < 1.29 is 73.8 Å². The third-order valence-corrected chi connectivity index (χ3v) is 11.9. The van der Waals surface area contributed by atoms with E-state index in [9.17, 15) is 45.3 Å². The van der Waals surface area contributed by atoms with Gasteiger partial charge >= 0.3 is 11.9 Å². The Bertz CT molecular complexity index is 1420. The van der Waals surface area contributed by atoms with Gasteiger partial charge in [0.2, 0.25) is 0 Å². The van der Waals surface area contributed by atoms with Gasteiger partial charge in [0, 0.05) is 12.8 Å². The molecular weight excluding hydrogens is 877 g/mol. The van der Waals surface area contributed by atoms with Crippen molar-refractivity contribution in [3.63, 3.8) is 0 Å². The molecule has 15 nitrogen and oxygen atoms in total. The van der Waals surface area contributed by atoms with Gasteiger partial charge in [-0.25, -0.2) is 0 Å². The molecule has 0 spiro atoms. The molecule has 7 N–H and O–H groups in total. The maximum absolute atomic E-state index is 13.0. The molecule has 11 atom stereocenters. The average Bonchev–Trinajstić information content (AvgIpc) is 3.33. The molecule has 2 saturated heterocycles.